The molecule has 0 bridgehead atoms. The molecule has 0 aromatic rings. The number of halogens is 3. The molecule has 3 nitrogen and oxygen atoms in total. The number of carbonyl (C=O) groups excluding carboxylic acids is 1. The van der Waals surface area contributed by atoms with E-state index in [1.165, 1.54) is 6.92 Å². The van der Waals surface area contributed by atoms with Crippen molar-refractivity contribution in [2.24, 2.45) is 11.1 Å². The molecule has 1 saturated heterocycles. The van der Waals surface area contributed by atoms with Gasteiger partial charge in [0.05, 0.1) is 0 Å². The lowest BCUT2D eigenvalue weighted by Crippen LogP contribution is -2.68. The van der Waals surface area contributed by atoms with Crippen molar-refractivity contribution < 1.29 is 18.0 Å². The quantitative estimate of drug-likeness (QED) is 0.780. The summed E-state index contributed by atoms with van der Waals surface area (Å²) in [6.07, 6.45) is -4.36. The molecule has 1 fully saturated rings. The van der Waals surface area contributed by atoms with Crippen molar-refractivity contribution in [2.75, 3.05) is 6.54 Å². The molecule has 17 heavy (non-hydrogen) atoms. The lowest BCUT2D eigenvalue weighted by Gasteiger charge is -2.53. The van der Waals surface area contributed by atoms with Gasteiger partial charge in [0.1, 0.15) is 5.54 Å². The fraction of sp³-hybridized carbons (Fsp3) is 0.909. The normalized spacial score (nSPS) is 31.5. The molecule has 2 unspecified atom stereocenters. The molecule has 1 aliphatic heterocycles. The van der Waals surface area contributed by atoms with Crippen LogP contribution in [0.25, 0.3) is 0 Å². The predicted octanol–water partition coefficient (Wildman–Crippen LogP) is 1.91. The third kappa shape index (κ3) is 2.14. The van der Waals surface area contributed by atoms with Gasteiger partial charge in [-0.1, -0.05) is 13.8 Å². The van der Waals surface area contributed by atoms with Crippen molar-refractivity contribution in [1.82, 2.24) is 4.90 Å². The Hall–Kier alpha value is -0.780. The number of nitrogens with zero attached hydrogens (tertiary/aromatic N) is 1. The first-order valence-electron chi connectivity index (χ1n) is 5.63. The van der Waals surface area contributed by atoms with E-state index >= 15 is 0 Å². The molecule has 2 N–H and O–H groups in total. The van der Waals surface area contributed by atoms with E-state index in [9.17, 15) is 18.0 Å². The molecule has 1 rings (SSSR count). The number of amides is 1. The van der Waals surface area contributed by atoms with Crippen LogP contribution in [0.3, 0.4) is 0 Å². The Balaban J connectivity index is 3.15. The molecule has 0 aromatic heterocycles. The SMILES string of the molecule is CC1(C)CCCN(C(F)C(F)F)C1(C)C(N)=O. The van der Waals surface area contributed by atoms with Gasteiger partial charge in [-0.3, -0.25) is 9.69 Å². The maximum absolute atomic E-state index is 13.6. The van der Waals surface area contributed by atoms with Gasteiger partial charge in [0.2, 0.25) is 12.2 Å². The minimum absolute atomic E-state index is 0.119. The molecule has 1 aliphatic rings. The fourth-order valence-electron chi connectivity index (χ4n) is 2.53. The van der Waals surface area contributed by atoms with Crippen LogP contribution >= 0.6 is 0 Å². The van der Waals surface area contributed by atoms with Gasteiger partial charge in [0, 0.05) is 6.54 Å². The van der Waals surface area contributed by atoms with Crippen LogP contribution in [0.2, 0.25) is 0 Å². The van der Waals surface area contributed by atoms with Gasteiger partial charge in [-0.05, 0) is 25.2 Å². The van der Waals surface area contributed by atoms with Crippen molar-refractivity contribution in [3.63, 3.8) is 0 Å². The lowest BCUT2D eigenvalue weighted by atomic mass is 9.66. The van der Waals surface area contributed by atoms with E-state index in [1.54, 1.807) is 13.8 Å². The van der Waals surface area contributed by atoms with Crippen LogP contribution in [0.5, 0.6) is 0 Å². The summed E-state index contributed by atoms with van der Waals surface area (Å²) in [6.45, 7) is 5.07. The molecule has 0 saturated carbocycles. The highest BCUT2D eigenvalue weighted by molar-refractivity contribution is 5.85. The largest absolute Gasteiger partial charge is 0.368 e. The van der Waals surface area contributed by atoms with Crippen LogP contribution in [-0.4, -0.2) is 35.6 Å². The number of primary amides is 1. The summed E-state index contributed by atoms with van der Waals surface area (Å²) < 4.78 is 38.6. The molecule has 100 valence electrons. The summed E-state index contributed by atoms with van der Waals surface area (Å²) in [4.78, 5) is 12.5. The van der Waals surface area contributed by atoms with Crippen LogP contribution in [0.15, 0.2) is 0 Å². The van der Waals surface area contributed by atoms with Gasteiger partial charge in [0.25, 0.3) is 6.43 Å². The van der Waals surface area contributed by atoms with E-state index in [4.69, 9.17) is 5.73 Å². The summed E-state index contributed by atoms with van der Waals surface area (Å²) >= 11 is 0. The molecule has 1 heterocycles. The number of nitrogens with two attached hydrogens (primary N) is 1. The maximum atomic E-state index is 13.6. The number of piperidine rings is 1. The average molecular weight is 252 g/mol. The van der Waals surface area contributed by atoms with E-state index < -0.39 is 29.6 Å². The van der Waals surface area contributed by atoms with E-state index in [0.717, 1.165) is 4.90 Å². The van der Waals surface area contributed by atoms with Gasteiger partial charge in [-0.15, -0.1) is 0 Å². The lowest BCUT2D eigenvalue weighted by molar-refractivity contribution is -0.168. The molecule has 0 radical (unpaired) electrons. The minimum Gasteiger partial charge on any atom is -0.368 e. The first kappa shape index (κ1) is 14.3. The third-order valence-corrected chi connectivity index (χ3v) is 4.08. The first-order valence-corrected chi connectivity index (χ1v) is 5.63. The zero-order valence-electron chi connectivity index (χ0n) is 10.3. The monoisotopic (exact) mass is 252 g/mol. The Morgan fingerprint density at radius 2 is 1.82 bits per heavy atom. The van der Waals surface area contributed by atoms with Crippen LogP contribution in [0.4, 0.5) is 13.2 Å². The van der Waals surface area contributed by atoms with Gasteiger partial charge in [0.15, 0.2) is 0 Å². The van der Waals surface area contributed by atoms with Gasteiger partial charge in [-0.2, -0.15) is 0 Å². The Morgan fingerprint density at radius 3 is 2.24 bits per heavy atom. The van der Waals surface area contributed by atoms with E-state index in [0.29, 0.717) is 12.8 Å². The first-order chi connectivity index (χ1) is 7.64. The van der Waals surface area contributed by atoms with Gasteiger partial charge in [-0.25, -0.2) is 13.2 Å². The van der Waals surface area contributed by atoms with Crippen molar-refractivity contribution in [2.45, 2.75) is 51.9 Å². The number of rotatable bonds is 3. The average Bonchev–Trinajstić information content (AvgIpc) is 2.20. The topological polar surface area (TPSA) is 46.3 Å². The summed E-state index contributed by atoms with van der Waals surface area (Å²) in [5.41, 5.74) is 3.30. The van der Waals surface area contributed by atoms with Crippen LogP contribution in [0, 0.1) is 5.41 Å². The summed E-state index contributed by atoms with van der Waals surface area (Å²) in [5.74, 6) is -0.759. The Bertz CT molecular complexity index is 309. The maximum Gasteiger partial charge on any atom is 0.282 e. The second-order valence-corrected chi connectivity index (χ2v) is 5.32. The zero-order valence-corrected chi connectivity index (χ0v) is 10.3. The second kappa shape index (κ2) is 4.48. The van der Waals surface area contributed by atoms with Crippen molar-refractivity contribution in [1.29, 1.82) is 0 Å². The van der Waals surface area contributed by atoms with Crippen LogP contribution in [-0.2, 0) is 4.79 Å². The van der Waals surface area contributed by atoms with Crippen LogP contribution in [0.1, 0.15) is 33.6 Å². The molecule has 6 heteroatoms. The number of alkyl halides is 3. The summed E-state index contributed by atoms with van der Waals surface area (Å²) in [5, 5.41) is 0. The highest BCUT2D eigenvalue weighted by atomic mass is 19.3. The second-order valence-electron chi connectivity index (χ2n) is 5.32. The van der Waals surface area contributed by atoms with E-state index in [2.05, 4.69) is 0 Å². The van der Waals surface area contributed by atoms with E-state index in [1.807, 2.05) is 0 Å². The molecular weight excluding hydrogens is 233 g/mol. The molecule has 0 spiro atoms. The Labute approximate surface area is 99.1 Å². The summed E-state index contributed by atoms with van der Waals surface area (Å²) in [6, 6.07) is 0. The zero-order chi connectivity index (χ0) is 13.4. The van der Waals surface area contributed by atoms with Crippen LogP contribution < -0.4 is 5.73 Å². The standard InChI is InChI=1S/C11H19F3N2O/c1-10(2)5-4-6-16(8(14)7(12)13)11(10,3)9(15)17/h7-8H,4-6H2,1-3H3,(H2,15,17). The number of hydrogen-bond donors (Lipinski definition) is 1. The van der Waals surface area contributed by atoms with Gasteiger partial charge < -0.3 is 5.73 Å². The van der Waals surface area contributed by atoms with Crippen molar-refractivity contribution in [3.05, 3.63) is 0 Å². The fourth-order valence-corrected chi connectivity index (χ4v) is 2.53. The molecule has 0 aromatic carbocycles. The number of carbonyl (C=O) groups is 1. The Morgan fingerprint density at radius 1 is 1.29 bits per heavy atom. The smallest absolute Gasteiger partial charge is 0.282 e. The van der Waals surface area contributed by atoms with Gasteiger partial charge >= 0.3 is 0 Å². The summed E-state index contributed by atoms with van der Waals surface area (Å²) in [7, 11) is 0. The van der Waals surface area contributed by atoms with Crippen molar-refractivity contribution >= 4 is 5.91 Å². The van der Waals surface area contributed by atoms with Crippen molar-refractivity contribution in [3.8, 4) is 0 Å². The molecular formula is C11H19F3N2O. The number of likely N-dealkylation sites (tertiary alicyclic amines) is 1. The Kier molecular flexibility index (Phi) is 3.76. The third-order valence-electron chi connectivity index (χ3n) is 4.08. The molecule has 2 atom stereocenters. The predicted molar refractivity (Wildman–Crippen MR) is 58.2 cm³/mol. The van der Waals surface area contributed by atoms with E-state index in [-0.39, 0.29) is 6.54 Å². The molecule has 0 aliphatic carbocycles. The highest BCUT2D eigenvalue weighted by Crippen LogP contribution is 2.45. The minimum atomic E-state index is -3.14. The highest BCUT2D eigenvalue weighted by Gasteiger charge is 2.55. The number of hydrogen-bond acceptors (Lipinski definition) is 2. The molecule has 1 amide bonds.